The third-order valence-corrected chi connectivity index (χ3v) is 12.7. The van der Waals surface area contributed by atoms with Gasteiger partial charge in [-0.15, -0.1) is 0 Å². The SMILES string of the molecule is c1ccc(-c2ccccc2-c2ccc(-n3c4cc(-c5cccc(N(c6ccccc6)c6cccc7ccccc67)c5)ccc4c4cc5ccccc5cc43)cc2-c2ccccc2)cc1. The molecule has 0 aliphatic heterocycles. The van der Waals surface area contributed by atoms with Crippen LogP contribution in [0, 0.1) is 0 Å². The van der Waals surface area contributed by atoms with Crippen molar-refractivity contribution < 1.29 is 0 Å². The highest BCUT2D eigenvalue weighted by molar-refractivity contribution is 6.14. The average molecular weight is 815 g/mol. The molecule has 1 aromatic heterocycles. The van der Waals surface area contributed by atoms with Gasteiger partial charge in [0.25, 0.3) is 0 Å². The van der Waals surface area contributed by atoms with Crippen molar-refractivity contribution in [3.8, 4) is 50.2 Å². The molecule has 0 bridgehead atoms. The van der Waals surface area contributed by atoms with E-state index in [1.54, 1.807) is 0 Å². The van der Waals surface area contributed by atoms with Crippen LogP contribution in [0.3, 0.4) is 0 Å². The van der Waals surface area contributed by atoms with Crippen molar-refractivity contribution in [3.63, 3.8) is 0 Å². The summed E-state index contributed by atoms with van der Waals surface area (Å²) in [5.74, 6) is 0. The quantitative estimate of drug-likeness (QED) is 0.148. The molecule has 0 amide bonds. The van der Waals surface area contributed by atoms with E-state index in [1.807, 2.05) is 0 Å². The highest BCUT2D eigenvalue weighted by Crippen LogP contribution is 2.44. The number of anilines is 3. The zero-order valence-corrected chi connectivity index (χ0v) is 35.1. The first-order valence-electron chi connectivity index (χ1n) is 22.0. The molecule has 0 atom stereocenters. The Kier molecular flexibility index (Phi) is 9.20. The summed E-state index contributed by atoms with van der Waals surface area (Å²) in [7, 11) is 0. The van der Waals surface area contributed by atoms with Crippen molar-refractivity contribution in [1.82, 2.24) is 4.57 Å². The first-order chi connectivity index (χ1) is 31.7. The molecule has 0 radical (unpaired) electrons. The topological polar surface area (TPSA) is 8.17 Å². The van der Waals surface area contributed by atoms with E-state index in [-0.39, 0.29) is 0 Å². The second-order valence-corrected chi connectivity index (χ2v) is 16.5. The van der Waals surface area contributed by atoms with E-state index in [0.29, 0.717) is 0 Å². The Morgan fingerprint density at radius 2 is 0.812 bits per heavy atom. The van der Waals surface area contributed by atoms with E-state index in [2.05, 4.69) is 264 Å². The fourth-order valence-corrected chi connectivity index (χ4v) is 9.74. The Morgan fingerprint density at radius 1 is 0.266 bits per heavy atom. The molecule has 64 heavy (non-hydrogen) atoms. The van der Waals surface area contributed by atoms with Gasteiger partial charge in [-0.05, 0) is 121 Å². The lowest BCUT2D eigenvalue weighted by Crippen LogP contribution is -2.10. The van der Waals surface area contributed by atoms with Crippen molar-refractivity contribution in [2.75, 3.05) is 4.90 Å². The third-order valence-electron chi connectivity index (χ3n) is 12.7. The molecule has 0 saturated heterocycles. The van der Waals surface area contributed by atoms with E-state index >= 15 is 0 Å². The summed E-state index contributed by atoms with van der Waals surface area (Å²) in [4.78, 5) is 2.38. The largest absolute Gasteiger partial charge is 0.310 e. The standard InChI is InChI=1S/C62H42N2/c1-4-18-43(19-5-1)53-30-14-15-32-55(53)56-37-35-52(42-58(56)45-20-6-2-7-21-45)64-61-41-49(34-36-57(61)59-39-47-23-10-11-24-48(47)40-62(59)64)46-26-16-29-51(38-46)63(50-27-8-3-9-28-50)60-33-17-25-44-22-12-13-31-54(44)60/h1-42H. The van der Waals surface area contributed by atoms with Gasteiger partial charge in [-0.3, -0.25) is 0 Å². The highest BCUT2D eigenvalue weighted by atomic mass is 15.1. The van der Waals surface area contributed by atoms with E-state index in [9.17, 15) is 0 Å². The Bertz CT molecular complexity index is 3660. The van der Waals surface area contributed by atoms with Gasteiger partial charge in [0.15, 0.2) is 0 Å². The smallest absolute Gasteiger partial charge is 0.0547 e. The van der Waals surface area contributed by atoms with Crippen LogP contribution in [-0.4, -0.2) is 4.57 Å². The number of hydrogen-bond donors (Lipinski definition) is 0. The molecule has 300 valence electrons. The van der Waals surface area contributed by atoms with Crippen LogP contribution in [-0.2, 0) is 0 Å². The van der Waals surface area contributed by atoms with Crippen molar-refractivity contribution in [3.05, 3.63) is 255 Å². The van der Waals surface area contributed by atoms with Crippen LogP contribution in [0.5, 0.6) is 0 Å². The Hall–Kier alpha value is -8.46. The van der Waals surface area contributed by atoms with Gasteiger partial charge in [-0.2, -0.15) is 0 Å². The Balaban J connectivity index is 1.07. The minimum Gasteiger partial charge on any atom is -0.310 e. The van der Waals surface area contributed by atoms with Crippen LogP contribution in [0.4, 0.5) is 17.1 Å². The molecule has 0 spiro atoms. The van der Waals surface area contributed by atoms with E-state index in [1.165, 1.54) is 76.7 Å². The van der Waals surface area contributed by atoms with Gasteiger partial charge >= 0.3 is 0 Å². The van der Waals surface area contributed by atoms with Gasteiger partial charge < -0.3 is 9.47 Å². The molecule has 1 heterocycles. The molecule has 2 nitrogen and oxygen atoms in total. The van der Waals surface area contributed by atoms with E-state index < -0.39 is 0 Å². The molecule has 2 heteroatoms. The van der Waals surface area contributed by atoms with Crippen LogP contribution in [0.15, 0.2) is 255 Å². The first-order valence-corrected chi connectivity index (χ1v) is 22.0. The van der Waals surface area contributed by atoms with Crippen molar-refractivity contribution in [1.29, 1.82) is 0 Å². The second kappa shape index (κ2) is 15.8. The van der Waals surface area contributed by atoms with Crippen LogP contribution in [0.1, 0.15) is 0 Å². The molecule has 11 aromatic carbocycles. The lowest BCUT2D eigenvalue weighted by atomic mass is 9.89. The van der Waals surface area contributed by atoms with Crippen LogP contribution in [0.2, 0.25) is 0 Å². The van der Waals surface area contributed by atoms with Gasteiger partial charge in [0.2, 0.25) is 0 Å². The van der Waals surface area contributed by atoms with Gasteiger partial charge in [0.1, 0.15) is 0 Å². The molecular weight excluding hydrogens is 773 g/mol. The van der Waals surface area contributed by atoms with Crippen LogP contribution < -0.4 is 4.90 Å². The maximum Gasteiger partial charge on any atom is 0.0547 e. The molecular formula is C62H42N2. The fourth-order valence-electron chi connectivity index (χ4n) is 9.74. The molecule has 12 aromatic rings. The summed E-state index contributed by atoms with van der Waals surface area (Å²) in [6.45, 7) is 0. The van der Waals surface area contributed by atoms with E-state index in [4.69, 9.17) is 0 Å². The molecule has 0 aliphatic carbocycles. The Labute approximate surface area is 373 Å². The monoisotopic (exact) mass is 814 g/mol. The summed E-state index contributed by atoms with van der Waals surface area (Å²) >= 11 is 0. The van der Waals surface area contributed by atoms with Crippen LogP contribution >= 0.6 is 0 Å². The van der Waals surface area contributed by atoms with Gasteiger partial charge in [-0.1, -0.05) is 194 Å². The summed E-state index contributed by atoms with van der Waals surface area (Å²) in [5, 5.41) is 7.34. The first kappa shape index (κ1) is 37.3. The van der Waals surface area contributed by atoms with Gasteiger partial charge in [0.05, 0.1) is 16.7 Å². The number of fused-ring (bicyclic) bond motifs is 5. The number of aromatic nitrogens is 1. The lowest BCUT2D eigenvalue weighted by molar-refractivity contribution is 1.18. The molecule has 0 saturated carbocycles. The third kappa shape index (κ3) is 6.52. The molecule has 0 fully saturated rings. The van der Waals surface area contributed by atoms with Crippen LogP contribution in [0.25, 0.3) is 93.5 Å². The summed E-state index contributed by atoms with van der Waals surface area (Å²) in [6, 6.07) is 92.8. The normalized spacial score (nSPS) is 11.4. The Morgan fingerprint density at radius 3 is 1.59 bits per heavy atom. The highest BCUT2D eigenvalue weighted by Gasteiger charge is 2.20. The average Bonchev–Trinajstić information content (AvgIpc) is 3.69. The zero-order chi connectivity index (χ0) is 42.4. The minimum atomic E-state index is 1.10. The summed E-state index contributed by atoms with van der Waals surface area (Å²) < 4.78 is 2.48. The molecule has 0 unspecified atom stereocenters. The lowest BCUT2D eigenvalue weighted by Gasteiger charge is -2.27. The molecule has 12 rings (SSSR count). The maximum absolute atomic E-state index is 2.48. The van der Waals surface area contributed by atoms with Crippen molar-refractivity contribution in [2.45, 2.75) is 0 Å². The minimum absolute atomic E-state index is 1.10. The number of benzene rings is 11. The second-order valence-electron chi connectivity index (χ2n) is 16.5. The molecule has 0 aliphatic rings. The van der Waals surface area contributed by atoms with Crippen molar-refractivity contribution >= 4 is 60.4 Å². The van der Waals surface area contributed by atoms with Crippen molar-refractivity contribution in [2.24, 2.45) is 0 Å². The number of nitrogens with zero attached hydrogens (tertiary/aromatic N) is 2. The van der Waals surface area contributed by atoms with Gasteiger partial charge in [0, 0.05) is 33.2 Å². The van der Waals surface area contributed by atoms with Gasteiger partial charge in [-0.25, -0.2) is 0 Å². The maximum atomic E-state index is 2.48. The predicted octanol–water partition coefficient (Wildman–Crippen LogP) is 17.2. The predicted molar refractivity (Wildman–Crippen MR) is 272 cm³/mol. The fraction of sp³-hybridized carbons (Fsp3) is 0. The zero-order valence-electron chi connectivity index (χ0n) is 35.1. The summed E-state index contributed by atoms with van der Waals surface area (Å²) in [5.41, 5.74) is 16.3. The number of rotatable bonds is 8. The number of para-hydroxylation sites is 1. The molecule has 0 N–H and O–H groups in total. The summed E-state index contributed by atoms with van der Waals surface area (Å²) in [6.07, 6.45) is 0. The van der Waals surface area contributed by atoms with E-state index in [0.717, 1.165) is 33.9 Å². The number of hydrogen-bond acceptors (Lipinski definition) is 1.